The SMILES string of the molecule is COCCOCCOCCN(CCOCCOCCO)CCOCCOCCOC. The zero-order valence-corrected chi connectivity index (χ0v) is 18.9. The minimum absolute atomic E-state index is 0.0304. The standard InChI is InChI=1S/C20H43NO9/c1-23-11-13-29-19-16-26-8-4-21(3-7-25-15-18-28-10-6-22)5-9-27-17-20-30-14-12-24-2/h22H,3-20H2,1-2H3. The summed E-state index contributed by atoms with van der Waals surface area (Å²) in [5.74, 6) is 0. The van der Waals surface area contributed by atoms with Crippen molar-refractivity contribution in [1.82, 2.24) is 4.90 Å². The quantitative estimate of drug-likeness (QED) is 0.180. The molecule has 0 aromatic rings. The molecule has 0 aliphatic rings. The van der Waals surface area contributed by atoms with Gasteiger partial charge in [-0.25, -0.2) is 0 Å². The maximum Gasteiger partial charge on any atom is 0.0701 e. The van der Waals surface area contributed by atoms with Crippen molar-refractivity contribution in [2.75, 3.05) is 133 Å². The largest absolute Gasteiger partial charge is 0.394 e. The average Bonchev–Trinajstić information content (AvgIpc) is 2.76. The Hall–Kier alpha value is -0.400. The van der Waals surface area contributed by atoms with E-state index in [-0.39, 0.29) is 6.61 Å². The summed E-state index contributed by atoms with van der Waals surface area (Å²) in [5, 5.41) is 8.67. The van der Waals surface area contributed by atoms with E-state index >= 15 is 0 Å². The molecule has 0 heterocycles. The zero-order chi connectivity index (χ0) is 22.0. The number of hydrogen-bond acceptors (Lipinski definition) is 10. The van der Waals surface area contributed by atoms with Gasteiger partial charge in [-0.2, -0.15) is 0 Å². The van der Waals surface area contributed by atoms with Crippen LogP contribution in [0.5, 0.6) is 0 Å². The summed E-state index contributed by atoms with van der Waals surface area (Å²) in [6.07, 6.45) is 0. The highest BCUT2D eigenvalue weighted by Crippen LogP contribution is 1.92. The molecule has 1 N–H and O–H groups in total. The average molecular weight is 442 g/mol. The van der Waals surface area contributed by atoms with E-state index < -0.39 is 0 Å². The molecular formula is C20H43NO9. The number of ether oxygens (including phenoxy) is 8. The third-order valence-corrected chi connectivity index (χ3v) is 3.87. The van der Waals surface area contributed by atoms with Crippen LogP contribution in [0, 0.1) is 0 Å². The predicted molar refractivity (Wildman–Crippen MR) is 112 cm³/mol. The van der Waals surface area contributed by atoms with Crippen LogP contribution in [0.4, 0.5) is 0 Å². The molecule has 0 saturated heterocycles. The Labute approximate surface area is 181 Å². The minimum atomic E-state index is 0.0304. The first-order valence-electron chi connectivity index (χ1n) is 10.6. The van der Waals surface area contributed by atoms with Gasteiger partial charge in [0.2, 0.25) is 0 Å². The van der Waals surface area contributed by atoms with E-state index in [2.05, 4.69) is 4.90 Å². The van der Waals surface area contributed by atoms with Crippen molar-refractivity contribution < 1.29 is 43.0 Å². The van der Waals surface area contributed by atoms with Crippen molar-refractivity contribution in [3.8, 4) is 0 Å². The molecule has 0 fully saturated rings. The molecule has 0 aromatic carbocycles. The maximum absolute atomic E-state index is 8.67. The summed E-state index contributed by atoms with van der Waals surface area (Å²) in [5.41, 5.74) is 0. The van der Waals surface area contributed by atoms with Gasteiger partial charge in [0.1, 0.15) is 0 Å². The molecule has 0 spiro atoms. The number of aliphatic hydroxyl groups excluding tert-OH is 1. The van der Waals surface area contributed by atoms with Crippen molar-refractivity contribution in [3.05, 3.63) is 0 Å². The smallest absolute Gasteiger partial charge is 0.0701 e. The summed E-state index contributed by atoms with van der Waals surface area (Å²) in [6, 6.07) is 0. The van der Waals surface area contributed by atoms with Gasteiger partial charge < -0.3 is 43.0 Å². The van der Waals surface area contributed by atoms with Crippen LogP contribution in [0.1, 0.15) is 0 Å². The maximum atomic E-state index is 8.67. The van der Waals surface area contributed by atoms with Crippen LogP contribution in [0.2, 0.25) is 0 Å². The summed E-state index contributed by atoms with van der Waals surface area (Å²) >= 11 is 0. The molecule has 0 aliphatic carbocycles. The second-order valence-electron chi connectivity index (χ2n) is 6.23. The van der Waals surface area contributed by atoms with E-state index in [1.165, 1.54) is 0 Å². The Morgan fingerprint density at radius 1 is 0.433 bits per heavy atom. The number of hydrogen-bond donors (Lipinski definition) is 1. The molecule has 10 nitrogen and oxygen atoms in total. The molecule has 0 unspecified atom stereocenters. The van der Waals surface area contributed by atoms with Crippen LogP contribution < -0.4 is 0 Å². The summed E-state index contributed by atoms with van der Waals surface area (Å²) < 4.78 is 42.6. The first-order chi connectivity index (χ1) is 14.8. The van der Waals surface area contributed by atoms with Gasteiger partial charge in [0, 0.05) is 33.9 Å². The lowest BCUT2D eigenvalue weighted by Gasteiger charge is -2.22. The highest BCUT2D eigenvalue weighted by atomic mass is 16.5. The molecule has 30 heavy (non-hydrogen) atoms. The number of methoxy groups -OCH3 is 2. The van der Waals surface area contributed by atoms with E-state index in [0.717, 1.165) is 19.6 Å². The van der Waals surface area contributed by atoms with Gasteiger partial charge in [-0.1, -0.05) is 0 Å². The monoisotopic (exact) mass is 441 g/mol. The zero-order valence-electron chi connectivity index (χ0n) is 18.9. The van der Waals surface area contributed by atoms with Gasteiger partial charge in [0.05, 0.1) is 99.1 Å². The molecule has 0 aromatic heterocycles. The van der Waals surface area contributed by atoms with E-state index in [4.69, 9.17) is 43.0 Å². The van der Waals surface area contributed by atoms with Gasteiger partial charge >= 0.3 is 0 Å². The van der Waals surface area contributed by atoms with Crippen molar-refractivity contribution in [3.63, 3.8) is 0 Å². The molecule has 0 radical (unpaired) electrons. The number of rotatable bonds is 26. The lowest BCUT2D eigenvalue weighted by atomic mass is 10.4. The number of aliphatic hydroxyl groups is 1. The van der Waals surface area contributed by atoms with Crippen LogP contribution in [-0.4, -0.2) is 143 Å². The van der Waals surface area contributed by atoms with Crippen LogP contribution >= 0.6 is 0 Å². The molecule has 10 heteroatoms. The molecule has 0 atom stereocenters. The fourth-order valence-corrected chi connectivity index (χ4v) is 2.23. The van der Waals surface area contributed by atoms with E-state index in [9.17, 15) is 0 Å². The Kier molecular flexibility index (Phi) is 26.3. The highest BCUT2D eigenvalue weighted by molar-refractivity contribution is 4.57. The van der Waals surface area contributed by atoms with Gasteiger partial charge in [-0.05, 0) is 0 Å². The fourth-order valence-electron chi connectivity index (χ4n) is 2.23. The Balaban J connectivity index is 3.81. The van der Waals surface area contributed by atoms with Crippen molar-refractivity contribution in [2.24, 2.45) is 0 Å². The second-order valence-corrected chi connectivity index (χ2v) is 6.23. The third kappa shape index (κ3) is 23.9. The Bertz CT molecular complexity index is 294. The van der Waals surface area contributed by atoms with Gasteiger partial charge in [-0.15, -0.1) is 0 Å². The normalized spacial score (nSPS) is 11.6. The summed E-state index contributed by atoms with van der Waals surface area (Å²) in [7, 11) is 3.30. The lowest BCUT2D eigenvalue weighted by molar-refractivity contribution is 0.000564. The lowest BCUT2D eigenvalue weighted by Crippen LogP contribution is -2.34. The first-order valence-corrected chi connectivity index (χ1v) is 10.6. The van der Waals surface area contributed by atoms with Crippen LogP contribution in [0.15, 0.2) is 0 Å². The van der Waals surface area contributed by atoms with Crippen LogP contribution in [0.3, 0.4) is 0 Å². The summed E-state index contributed by atoms with van der Waals surface area (Å²) in [6.45, 7) is 10.2. The van der Waals surface area contributed by atoms with E-state index in [0.29, 0.717) is 92.5 Å². The first kappa shape index (κ1) is 29.6. The summed E-state index contributed by atoms with van der Waals surface area (Å²) in [4.78, 5) is 2.24. The van der Waals surface area contributed by atoms with Crippen LogP contribution in [0.25, 0.3) is 0 Å². The van der Waals surface area contributed by atoms with E-state index in [1.807, 2.05) is 0 Å². The topological polar surface area (TPSA) is 97.3 Å². The Morgan fingerprint density at radius 2 is 0.733 bits per heavy atom. The number of nitrogens with zero attached hydrogens (tertiary/aromatic N) is 1. The molecule has 0 aliphatic heterocycles. The van der Waals surface area contributed by atoms with Gasteiger partial charge in [0.15, 0.2) is 0 Å². The second kappa shape index (κ2) is 26.6. The van der Waals surface area contributed by atoms with Gasteiger partial charge in [-0.3, -0.25) is 4.90 Å². The highest BCUT2D eigenvalue weighted by Gasteiger charge is 2.05. The van der Waals surface area contributed by atoms with Crippen molar-refractivity contribution in [1.29, 1.82) is 0 Å². The Morgan fingerprint density at radius 3 is 1.07 bits per heavy atom. The molecule has 182 valence electrons. The minimum Gasteiger partial charge on any atom is -0.394 e. The van der Waals surface area contributed by atoms with Crippen molar-refractivity contribution in [2.45, 2.75) is 0 Å². The fraction of sp³-hybridized carbons (Fsp3) is 1.00. The van der Waals surface area contributed by atoms with Gasteiger partial charge in [0.25, 0.3) is 0 Å². The molecule has 0 amide bonds. The van der Waals surface area contributed by atoms with E-state index in [1.54, 1.807) is 14.2 Å². The van der Waals surface area contributed by atoms with Crippen LogP contribution in [-0.2, 0) is 37.9 Å². The third-order valence-electron chi connectivity index (χ3n) is 3.87. The predicted octanol–water partition coefficient (Wildman–Crippen LogP) is -0.327. The molecule has 0 saturated carbocycles. The molecule has 0 bridgehead atoms. The molecule has 0 rings (SSSR count). The van der Waals surface area contributed by atoms with Crippen molar-refractivity contribution >= 4 is 0 Å². The molecular weight excluding hydrogens is 398 g/mol.